The number of aromatic nitrogens is 8. The molecule has 0 atom stereocenters. The Hall–Kier alpha value is -2.38. The van der Waals surface area contributed by atoms with E-state index in [1.54, 1.807) is 50.1 Å². The number of hydrogen-bond donors (Lipinski definition) is 4. The molecular formula is C12H12Cl2CuN8O8. The van der Waals surface area contributed by atoms with Gasteiger partial charge in [-0.25, -0.2) is 57.2 Å². The molecule has 4 rings (SSSR count). The van der Waals surface area contributed by atoms with Crippen molar-refractivity contribution >= 4 is 0 Å². The molecule has 4 aromatic heterocycles. The molecule has 19 heteroatoms. The Morgan fingerprint density at radius 2 is 0.613 bits per heavy atom. The van der Waals surface area contributed by atoms with E-state index in [1.807, 2.05) is 0 Å². The smallest absolute Gasteiger partial charge is 0.351 e. The van der Waals surface area contributed by atoms with E-state index in [1.165, 1.54) is 0 Å². The van der Waals surface area contributed by atoms with Crippen molar-refractivity contribution in [2.75, 3.05) is 0 Å². The van der Waals surface area contributed by atoms with Gasteiger partial charge in [0.15, 0.2) is 0 Å². The van der Waals surface area contributed by atoms with E-state index in [9.17, 15) is 0 Å². The topological polar surface area (TPSA) is 299 Å². The number of halogens is 2. The molecule has 0 fully saturated rings. The van der Waals surface area contributed by atoms with Gasteiger partial charge in [-0.05, 0) is 0 Å². The molecule has 0 aliphatic heterocycles. The molecule has 0 aliphatic carbocycles. The minimum absolute atomic E-state index is 0. The number of rotatable bonds is 2. The first kappa shape index (κ1) is 28.6. The van der Waals surface area contributed by atoms with E-state index in [0.717, 1.165) is 22.8 Å². The Balaban J connectivity index is 0.000000407. The third-order valence-electron chi connectivity index (χ3n) is 2.52. The normalized spacial score (nSPS) is 10.3. The van der Waals surface area contributed by atoms with Gasteiger partial charge in [0.25, 0.3) is 0 Å². The van der Waals surface area contributed by atoms with E-state index >= 15 is 0 Å². The van der Waals surface area contributed by atoms with Crippen molar-refractivity contribution in [2.24, 2.45) is 0 Å². The largest absolute Gasteiger partial charge is 2.00 e. The fourth-order valence-electron chi connectivity index (χ4n) is 1.60. The molecule has 31 heavy (non-hydrogen) atoms. The minimum Gasteiger partial charge on any atom is -0.351 e. The van der Waals surface area contributed by atoms with Crippen molar-refractivity contribution in [2.45, 2.75) is 0 Å². The number of imidazole rings is 4. The van der Waals surface area contributed by atoms with E-state index in [4.69, 9.17) is 37.3 Å². The quantitative estimate of drug-likeness (QED) is 0.176. The maximum atomic E-state index is 8.49. The molecule has 173 valence electrons. The van der Waals surface area contributed by atoms with Gasteiger partial charge < -0.3 is 19.9 Å². The molecule has 0 bridgehead atoms. The SMILES string of the molecule is [Cu+2].[O-][Cl+3]([O-])([O-])[O-].[O-][Cl+3]([O-])([O-])[O-].c1nc(-c2c[nH]cn2)c[nH]1.c1nc(-c2c[nH]cn2)c[nH]1. The second kappa shape index (κ2) is 13.8. The number of nitrogens with one attached hydrogen (secondary N) is 4. The Kier molecular flexibility index (Phi) is 12.8. The number of aromatic amines is 4. The van der Waals surface area contributed by atoms with Crippen LogP contribution in [0.3, 0.4) is 0 Å². The second-order valence-electron chi connectivity index (χ2n) is 4.57. The van der Waals surface area contributed by atoms with Crippen LogP contribution in [0.15, 0.2) is 50.1 Å². The van der Waals surface area contributed by atoms with Crippen LogP contribution in [0.1, 0.15) is 0 Å². The monoisotopic (exact) mass is 529 g/mol. The molecule has 16 nitrogen and oxygen atoms in total. The fraction of sp³-hybridized carbons (Fsp3) is 0. The molecule has 0 amide bonds. The summed E-state index contributed by atoms with van der Waals surface area (Å²) in [6.45, 7) is 0. The van der Waals surface area contributed by atoms with Gasteiger partial charge in [-0.2, -0.15) is 0 Å². The van der Waals surface area contributed by atoms with Gasteiger partial charge in [0, 0.05) is 24.8 Å². The first-order valence-corrected chi connectivity index (χ1v) is 9.59. The van der Waals surface area contributed by atoms with Crippen LogP contribution in [-0.4, -0.2) is 39.9 Å². The van der Waals surface area contributed by atoms with Crippen molar-refractivity contribution in [1.29, 1.82) is 0 Å². The average molecular weight is 531 g/mol. The minimum atomic E-state index is -4.94. The summed E-state index contributed by atoms with van der Waals surface area (Å²) in [5.41, 5.74) is 3.45. The van der Waals surface area contributed by atoms with Crippen molar-refractivity contribution in [3.8, 4) is 22.8 Å². The van der Waals surface area contributed by atoms with Crippen LogP contribution in [0.25, 0.3) is 22.8 Å². The summed E-state index contributed by atoms with van der Waals surface area (Å²) < 4.78 is 67.9. The summed E-state index contributed by atoms with van der Waals surface area (Å²) in [7, 11) is -9.89. The second-order valence-corrected chi connectivity index (χ2v) is 6.09. The molecule has 0 aromatic carbocycles. The Morgan fingerprint density at radius 1 is 0.452 bits per heavy atom. The van der Waals surface area contributed by atoms with E-state index in [2.05, 4.69) is 39.9 Å². The first-order valence-electron chi connectivity index (χ1n) is 7.13. The van der Waals surface area contributed by atoms with Crippen molar-refractivity contribution in [3.05, 3.63) is 50.1 Å². The summed E-state index contributed by atoms with van der Waals surface area (Å²) in [4.78, 5) is 27.5. The predicted octanol–water partition coefficient (Wildman–Crippen LogP) is -7.91. The van der Waals surface area contributed by atoms with Gasteiger partial charge in [0.05, 0.1) is 25.3 Å². The third-order valence-corrected chi connectivity index (χ3v) is 2.52. The van der Waals surface area contributed by atoms with Gasteiger partial charge in [0.1, 0.15) is 22.8 Å². The fourth-order valence-corrected chi connectivity index (χ4v) is 1.60. The summed E-state index contributed by atoms with van der Waals surface area (Å²) >= 11 is 0. The molecule has 1 radical (unpaired) electrons. The molecular weight excluding hydrogens is 519 g/mol. The van der Waals surface area contributed by atoms with Crippen LogP contribution in [0.4, 0.5) is 0 Å². The van der Waals surface area contributed by atoms with Gasteiger partial charge >= 0.3 is 17.1 Å². The zero-order valence-electron chi connectivity index (χ0n) is 14.7. The van der Waals surface area contributed by atoms with Crippen LogP contribution in [-0.2, 0) is 17.1 Å². The van der Waals surface area contributed by atoms with Gasteiger partial charge in [-0.3, -0.25) is 0 Å². The average Bonchev–Trinajstić information content (AvgIpc) is 3.43. The Bertz CT molecular complexity index is 743. The Labute approximate surface area is 187 Å². The van der Waals surface area contributed by atoms with Crippen molar-refractivity contribution in [1.82, 2.24) is 39.9 Å². The van der Waals surface area contributed by atoms with E-state index in [-0.39, 0.29) is 17.1 Å². The maximum Gasteiger partial charge on any atom is 2.00 e. The summed E-state index contributed by atoms with van der Waals surface area (Å²) in [5, 5.41) is 0. The van der Waals surface area contributed by atoms with Crippen LogP contribution in [0.5, 0.6) is 0 Å². The van der Waals surface area contributed by atoms with Crippen molar-refractivity contribution in [3.63, 3.8) is 0 Å². The summed E-state index contributed by atoms with van der Waals surface area (Å²) in [5.74, 6) is 0. The van der Waals surface area contributed by atoms with E-state index in [0.29, 0.717) is 0 Å². The molecule has 0 saturated carbocycles. The predicted molar refractivity (Wildman–Crippen MR) is 72.3 cm³/mol. The molecule has 4 aromatic rings. The van der Waals surface area contributed by atoms with Crippen LogP contribution < -0.4 is 37.3 Å². The van der Waals surface area contributed by atoms with Gasteiger partial charge in [-0.15, -0.1) is 20.5 Å². The summed E-state index contributed by atoms with van der Waals surface area (Å²) in [6.07, 6.45) is 13.7. The number of hydrogen-bond acceptors (Lipinski definition) is 12. The zero-order chi connectivity index (χ0) is 22.6. The molecule has 4 heterocycles. The van der Waals surface area contributed by atoms with Gasteiger partial charge in [-0.1, -0.05) is 0 Å². The van der Waals surface area contributed by atoms with Crippen LogP contribution >= 0.6 is 0 Å². The molecule has 0 aliphatic rings. The molecule has 0 unspecified atom stereocenters. The van der Waals surface area contributed by atoms with Gasteiger partial charge in [0.2, 0.25) is 0 Å². The zero-order valence-corrected chi connectivity index (χ0v) is 17.2. The molecule has 0 saturated heterocycles. The molecule has 4 N–H and O–H groups in total. The first-order chi connectivity index (χ1) is 13.9. The van der Waals surface area contributed by atoms with Crippen molar-refractivity contribution < 1.29 is 74.8 Å². The number of nitrogens with zero attached hydrogens (tertiary/aromatic N) is 4. The third kappa shape index (κ3) is 16.0. The number of H-pyrrole nitrogens is 4. The standard InChI is InChI=1S/2C6H6N4.2ClHO4.Cu/c2*1-5(9-3-7-1)6-2-8-4-10-6;2*2-1(3,4)5;/h2*1-4H,(H,7,9)(H,8,10);2*(H,2,3,4,5);/q;;;;+2/p-2. The van der Waals surface area contributed by atoms with E-state index < -0.39 is 20.5 Å². The van der Waals surface area contributed by atoms with Crippen LogP contribution in [0, 0.1) is 20.5 Å². The summed E-state index contributed by atoms with van der Waals surface area (Å²) in [6, 6.07) is 0. The van der Waals surface area contributed by atoms with Crippen LogP contribution in [0.2, 0.25) is 0 Å². The molecule has 0 spiro atoms. The maximum absolute atomic E-state index is 8.49. The Morgan fingerprint density at radius 3 is 0.710 bits per heavy atom.